The van der Waals surface area contributed by atoms with Gasteiger partial charge in [0.15, 0.2) is 11.5 Å². The first-order valence-corrected chi connectivity index (χ1v) is 9.90. The molecule has 0 saturated carbocycles. The van der Waals surface area contributed by atoms with E-state index >= 15 is 0 Å². The minimum Gasteiger partial charge on any atom is -0.355 e. The SMILES string of the molecule is Cn1cc(C2CN(C(=O)c3cc(-c4ccc(F)cc4F)on3)Cc3cnsc32)cn1. The Hall–Kier alpha value is -3.40. The van der Waals surface area contributed by atoms with Gasteiger partial charge in [-0.05, 0) is 23.7 Å². The smallest absolute Gasteiger partial charge is 0.276 e. The molecule has 1 amide bonds. The highest BCUT2D eigenvalue weighted by molar-refractivity contribution is 7.06. The fourth-order valence-corrected chi connectivity index (χ4v) is 4.50. The van der Waals surface area contributed by atoms with Gasteiger partial charge in [-0.15, -0.1) is 0 Å². The van der Waals surface area contributed by atoms with Crippen LogP contribution in [0, 0.1) is 11.6 Å². The number of benzene rings is 1. The molecule has 30 heavy (non-hydrogen) atoms. The third kappa shape index (κ3) is 3.18. The van der Waals surface area contributed by atoms with Crippen molar-refractivity contribution in [3.63, 3.8) is 0 Å². The Morgan fingerprint density at radius 2 is 2.13 bits per heavy atom. The van der Waals surface area contributed by atoms with Crippen molar-refractivity contribution >= 4 is 17.4 Å². The van der Waals surface area contributed by atoms with Crippen LogP contribution < -0.4 is 0 Å². The first-order valence-electron chi connectivity index (χ1n) is 9.13. The number of aromatic nitrogens is 4. The summed E-state index contributed by atoms with van der Waals surface area (Å²) in [6.45, 7) is 0.835. The summed E-state index contributed by atoms with van der Waals surface area (Å²) in [7, 11) is 1.84. The second kappa shape index (κ2) is 7.13. The third-order valence-corrected chi connectivity index (χ3v) is 6.05. The van der Waals surface area contributed by atoms with Crippen molar-refractivity contribution in [2.24, 2.45) is 7.05 Å². The minimum atomic E-state index is -0.784. The number of hydrogen-bond acceptors (Lipinski definition) is 6. The maximum Gasteiger partial charge on any atom is 0.276 e. The van der Waals surface area contributed by atoms with E-state index < -0.39 is 11.6 Å². The van der Waals surface area contributed by atoms with Crippen LogP contribution in [0.15, 0.2) is 47.4 Å². The van der Waals surface area contributed by atoms with E-state index in [1.807, 2.05) is 13.2 Å². The maximum absolute atomic E-state index is 14.0. The molecule has 4 aromatic rings. The van der Waals surface area contributed by atoms with E-state index in [0.717, 1.165) is 28.1 Å². The predicted octanol–water partition coefficient (Wildman–Crippen LogP) is 3.60. The Kier molecular flexibility index (Phi) is 4.43. The summed E-state index contributed by atoms with van der Waals surface area (Å²) in [4.78, 5) is 15.9. The molecule has 1 aliphatic heterocycles. The normalized spacial score (nSPS) is 16.0. The number of rotatable bonds is 3. The molecule has 1 aliphatic rings. The summed E-state index contributed by atoms with van der Waals surface area (Å²) < 4.78 is 38.4. The van der Waals surface area contributed by atoms with Gasteiger partial charge in [-0.2, -0.15) is 5.10 Å². The van der Waals surface area contributed by atoms with E-state index in [9.17, 15) is 13.6 Å². The Morgan fingerprint density at radius 1 is 1.27 bits per heavy atom. The lowest BCUT2D eigenvalue weighted by molar-refractivity contribution is 0.0716. The van der Waals surface area contributed by atoms with Gasteiger partial charge in [0.1, 0.15) is 11.6 Å². The Bertz CT molecular complexity index is 1250. The van der Waals surface area contributed by atoms with Crippen LogP contribution in [0.4, 0.5) is 8.78 Å². The zero-order valence-electron chi connectivity index (χ0n) is 15.7. The topological polar surface area (TPSA) is 77.0 Å². The van der Waals surface area contributed by atoms with E-state index in [1.165, 1.54) is 23.7 Å². The highest BCUT2D eigenvalue weighted by atomic mass is 32.1. The van der Waals surface area contributed by atoms with Gasteiger partial charge in [0.05, 0.1) is 11.8 Å². The molecule has 0 fully saturated rings. The highest BCUT2D eigenvalue weighted by Gasteiger charge is 2.33. The Balaban J connectivity index is 1.44. The fourth-order valence-electron chi connectivity index (χ4n) is 3.63. The molecule has 1 unspecified atom stereocenters. The highest BCUT2D eigenvalue weighted by Crippen LogP contribution is 2.36. The van der Waals surface area contributed by atoms with E-state index in [0.29, 0.717) is 13.1 Å². The van der Waals surface area contributed by atoms with Crippen LogP contribution >= 0.6 is 11.5 Å². The zero-order valence-corrected chi connectivity index (χ0v) is 16.6. The molecule has 10 heteroatoms. The van der Waals surface area contributed by atoms with Crippen molar-refractivity contribution < 1.29 is 18.1 Å². The second-order valence-electron chi connectivity index (χ2n) is 7.10. The van der Waals surface area contributed by atoms with Gasteiger partial charge in [-0.3, -0.25) is 9.48 Å². The largest absolute Gasteiger partial charge is 0.355 e. The van der Waals surface area contributed by atoms with Crippen molar-refractivity contribution in [1.82, 2.24) is 24.2 Å². The molecule has 4 heterocycles. The summed E-state index contributed by atoms with van der Waals surface area (Å²) in [5.41, 5.74) is 2.07. The lowest BCUT2D eigenvalue weighted by Crippen LogP contribution is -2.38. The molecule has 0 aliphatic carbocycles. The van der Waals surface area contributed by atoms with Crippen molar-refractivity contribution in [3.8, 4) is 11.3 Å². The van der Waals surface area contributed by atoms with Gasteiger partial charge < -0.3 is 9.42 Å². The molecule has 0 saturated heterocycles. The zero-order chi connectivity index (χ0) is 20.8. The van der Waals surface area contributed by atoms with Gasteiger partial charge in [0, 0.05) is 66.6 Å². The van der Waals surface area contributed by atoms with Gasteiger partial charge >= 0.3 is 0 Å². The van der Waals surface area contributed by atoms with Crippen LogP contribution in [0.5, 0.6) is 0 Å². The molecular weight excluding hydrogens is 412 g/mol. The van der Waals surface area contributed by atoms with Crippen LogP contribution in [-0.4, -0.2) is 36.7 Å². The van der Waals surface area contributed by atoms with Gasteiger partial charge in [0.2, 0.25) is 0 Å². The van der Waals surface area contributed by atoms with Crippen LogP contribution in [-0.2, 0) is 13.6 Å². The lowest BCUT2D eigenvalue weighted by Gasteiger charge is -2.31. The standard InChI is InChI=1S/C20H15F2N5O2S/c1-26-8-11(6-23-26)15-10-27(9-12-7-24-30-19(12)15)20(28)17-5-18(29-25-17)14-3-2-13(21)4-16(14)22/h2-8,15H,9-10H2,1H3. The number of nitrogens with zero attached hydrogens (tertiary/aromatic N) is 5. The summed E-state index contributed by atoms with van der Waals surface area (Å²) in [6, 6.07) is 4.51. The monoisotopic (exact) mass is 427 g/mol. The van der Waals surface area contributed by atoms with Crippen molar-refractivity contribution in [2.45, 2.75) is 12.5 Å². The predicted molar refractivity (Wildman–Crippen MR) is 104 cm³/mol. The van der Waals surface area contributed by atoms with Gasteiger partial charge in [0.25, 0.3) is 5.91 Å². The molecule has 7 nitrogen and oxygen atoms in total. The Morgan fingerprint density at radius 3 is 2.90 bits per heavy atom. The van der Waals surface area contributed by atoms with E-state index in [-0.39, 0.29) is 28.8 Å². The minimum absolute atomic E-state index is 0.0409. The number of amides is 1. The number of fused-ring (bicyclic) bond motifs is 1. The molecular formula is C20H15F2N5O2S. The maximum atomic E-state index is 14.0. The molecule has 1 aromatic carbocycles. The third-order valence-electron chi connectivity index (χ3n) is 5.10. The number of carbonyl (C=O) groups is 1. The molecule has 5 rings (SSSR count). The van der Waals surface area contributed by atoms with E-state index in [4.69, 9.17) is 4.52 Å². The average molecular weight is 427 g/mol. The van der Waals surface area contributed by atoms with Crippen molar-refractivity contribution in [2.75, 3.05) is 6.54 Å². The molecule has 0 radical (unpaired) electrons. The van der Waals surface area contributed by atoms with Crippen LogP contribution in [0.2, 0.25) is 0 Å². The fraction of sp³-hybridized carbons (Fsp3) is 0.200. The van der Waals surface area contributed by atoms with Crippen LogP contribution in [0.1, 0.15) is 32.4 Å². The number of carbonyl (C=O) groups excluding carboxylic acids is 1. The van der Waals surface area contributed by atoms with Crippen LogP contribution in [0.3, 0.4) is 0 Å². The van der Waals surface area contributed by atoms with Crippen molar-refractivity contribution in [1.29, 1.82) is 0 Å². The van der Waals surface area contributed by atoms with Gasteiger partial charge in [-0.25, -0.2) is 13.2 Å². The quantitative estimate of drug-likeness (QED) is 0.499. The molecule has 0 N–H and O–H groups in total. The summed E-state index contributed by atoms with van der Waals surface area (Å²) >= 11 is 1.42. The van der Waals surface area contributed by atoms with E-state index in [1.54, 1.807) is 22.0 Å². The Labute approximate surface area is 173 Å². The number of aryl methyl sites for hydroxylation is 1. The summed E-state index contributed by atoms with van der Waals surface area (Å²) in [5.74, 6) is -1.79. The molecule has 0 bridgehead atoms. The second-order valence-corrected chi connectivity index (χ2v) is 7.93. The molecule has 3 aromatic heterocycles. The number of hydrogen-bond donors (Lipinski definition) is 0. The molecule has 0 spiro atoms. The number of halogens is 2. The average Bonchev–Trinajstić information content (AvgIpc) is 3.47. The molecule has 152 valence electrons. The first-order chi connectivity index (χ1) is 14.5. The summed E-state index contributed by atoms with van der Waals surface area (Å²) in [5, 5.41) is 8.06. The van der Waals surface area contributed by atoms with Crippen LogP contribution in [0.25, 0.3) is 11.3 Å². The molecule has 1 atom stereocenters. The van der Waals surface area contributed by atoms with Gasteiger partial charge in [-0.1, -0.05) is 5.16 Å². The lowest BCUT2D eigenvalue weighted by atomic mass is 9.93. The summed E-state index contributed by atoms with van der Waals surface area (Å²) in [6.07, 6.45) is 5.48. The first kappa shape index (κ1) is 18.6. The van der Waals surface area contributed by atoms with Crippen molar-refractivity contribution in [3.05, 3.63) is 76.2 Å². The van der Waals surface area contributed by atoms with E-state index in [2.05, 4.69) is 14.6 Å².